The first-order valence-corrected chi connectivity index (χ1v) is 7.69. The van der Waals surface area contributed by atoms with Crippen LogP contribution in [0.25, 0.3) is 0 Å². The Bertz CT molecular complexity index is 691. The Labute approximate surface area is 136 Å². The maximum Gasteiger partial charge on any atom is 0.319 e. The third kappa shape index (κ3) is 3.71. The fourth-order valence-electron chi connectivity index (χ4n) is 2.16. The van der Waals surface area contributed by atoms with Gasteiger partial charge in [0.05, 0.1) is 0 Å². The summed E-state index contributed by atoms with van der Waals surface area (Å²) in [4.78, 5) is 11.8. The second-order valence-corrected chi connectivity index (χ2v) is 5.74. The molecule has 5 nitrogen and oxygen atoms in total. The molecule has 0 saturated heterocycles. The summed E-state index contributed by atoms with van der Waals surface area (Å²) in [6.45, 7) is 0.811. The third-order valence-electron chi connectivity index (χ3n) is 3.22. The van der Waals surface area contributed by atoms with Crippen LogP contribution in [0.3, 0.4) is 0 Å². The van der Waals surface area contributed by atoms with Crippen molar-refractivity contribution in [3.05, 3.63) is 52.5 Å². The molecule has 0 atom stereocenters. The van der Waals surface area contributed by atoms with E-state index in [4.69, 9.17) is 9.47 Å². The molecular formula is C16H15BrN2O3. The van der Waals surface area contributed by atoms with Crippen molar-refractivity contribution in [3.8, 4) is 11.5 Å². The zero-order chi connectivity index (χ0) is 15.4. The van der Waals surface area contributed by atoms with Gasteiger partial charge in [0.1, 0.15) is 0 Å². The Kier molecular flexibility index (Phi) is 4.48. The minimum atomic E-state index is -0.223. The second-order valence-electron chi connectivity index (χ2n) is 4.83. The third-order valence-corrected chi connectivity index (χ3v) is 3.71. The average Bonchev–Trinajstić information content (AvgIpc) is 2.95. The van der Waals surface area contributed by atoms with Gasteiger partial charge in [0.15, 0.2) is 11.5 Å². The molecule has 2 amide bonds. The van der Waals surface area contributed by atoms with E-state index in [1.807, 2.05) is 42.5 Å². The molecule has 1 heterocycles. The van der Waals surface area contributed by atoms with Crippen molar-refractivity contribution in [3.63, 3.8) is 0 Å². The average molecular weight is 363 g/mol. The van der Waals surface area contributed by atoms with Gasteiger partial charge in [-0.2, -0.15) is 0 Å². The minimum Gasteiger partial charge on any atom is -0.454 e. The van der Waals surface area contributed by atoms with Crippen LogP contribution in [0, 0.1) is 0 Å². The number of anilines is 1. The lowest BCUT2D eigenvalue weighted by Crippen LogP contribution is -2.30. The van der Waals surface area contributed by atoms with Gasteiger partial charge >= 0.3 is 6.03 Å². The molecule has 2 aromatic carbocycles. The first kappa shape index (κ1) is 14.7. The van der Waals surface area contributed by atoms with E-state index in [0.29, 0.717) is 6.54 Å². The van der Waals surface area contributed by atoms with Gasteiger partial charge in [-0.25, -0.2) is 4.79 Å². The van der Waals surface area contributed by atoms with Gasteiger partial charge < -0.3 is 20.1 Å². The number of ether oxygens (including phenoxy) is 2. The molecule has 1 aliphatic rings. The lowest BCUT2D eigenvalue weighted by atomic mass is 10.1. The smallest absolute Gasteiger partial charge is 0.319 e. The molecule has 0 saturated carbocycles. The first-order valence-electron chi connectivity index (χ1n) is 6.90. The molecule has 2 N–H and O–H groups in total. The Balaban J connectivity index is 1.47. The number of hydrogen-bond acceptors (Lipinski definition) is 3. The van der Waals surface area contributed by atoms with Gasteiger partial charge in [-0.1, -0.05) is 28.1 Å². The van der Waals surface area contributed by atoms with E-state index in [0.717, 1.165) is 33.6 Å². The van der Waals surface area contributed by atoms with Crippen molar-refractivity contribution in [2.24, 2.45) is 0 Å². The largest absolute Gasteiger partial charge is 0.454 e. The molecule has 0 aliphatic carbocycles. The first-order chi connectivity index (χ1) is 10.7. The highest BCUT2D eigenvalue weighted by Gasteiger charge is 2.13. The van der Waals surface area contributed by atoms with Crippen molar-refractivity contribution >= 4 is 27.6 Å². The van der Waals surface area contributed by atoms with E-state index in [9.17, 15) is 4.79 Å². The van der Waals surface area contributed by atoms with Crippen LogP contribution in [0.5, 0.6) is 11.5 Å². The highest BCUT2D eigenvalue weighted by molar-refractivity contribution is 9.10. The molecule has 0 radical (unpaired) electrons. The van der Waals surface area contributed by atoms with E-state index in [1.54, 1.807) is 0 Å². The van der Waals surface area contributed by atoms with Gasteiger partial charge in [-0.3, -0.25) is 0 Å². The Morgan fingerprint density at radius 3 is 2.86 bits per heavy atom. The SMILES string of the molecule is O=C(NCCc1ccc2c(c1)OCO2)Nc1cccc(Br)c1. The number of fused-ring (bicyclic) bond motifs is 1. The summed E-state index contributed by atoms with van der Waals surface area (Å²) in [7, 11) is 0. The number of nitrogens with one attached hydrogen (secondary N) is 2. The van der Waals surface area contributed by atoms with Crippen molar-refractivity contribution in [2.45, 2.75) is 6.42 Å². The highest BCUT2D eigenvalue weighted by atomic mass is 79.9. The Morgan fingerprint density at radius 1 is 1.14 bits per heavy atom. The van der Waals surface area contributed by atoms with E-state index in [-0.39, 0.29) is 12.8 Å². The van der Waals surface area contributed by atoms with Crippen molar-refractivity contribution < 1.29 is 14.3 Å². The van der Waals surface area contributed by atoms with E-state index >= 15 is 0 Å². The Hall–Kier alpha value is -2.21. The molecular weight excluding hydrogens is 348 g/mol. The fraction of sp³-hybridized carbons (Fsp3) is 0.188. The Morgan fingerprint density at radius 2 is 2.00 bits per heavy atom. The number of carbonyl (C=O) groups excluding carboxylic acids is 1. The highest BCUT2D eigenvalue weighted by Crippen LogP contribution is 2.32. The number of hydrogen-bond donors (Lipinski definition) is 2. The van der Waals surface area contributed by atoms with Gasteiger partial charge in [-0.05, 0) is 42.3 Å². The van der Waals surface area contributed by atoms with Crippen LogP contribution >= 0.6 is 15.9 Å². The van der Waals surface area contributed by atoms with Gasteiger partial charge in [-0.15, -0.1) is 0 Å². The van der Waals surface area contributed by atoms with Crippen LogP contribution in [0.1, 0.15) is 5.56 Å². The van der Waals surface area contributed by atoms with Crippen LogP contribution in [0.15, 0.2) is 46.9 Å². The predicted molar refractivity (Wildman–Crippen MR) is 87.4 cm³/mol. The molecule has 0 spiro atoms. The van der Waals surface area contributed by atoms with Crippen molar-refractivity contribution in [1.29, 1.82) is 0 Å². The molecule has 2 aromatic rings. The van der Waals surface area contributed by atoms with E-state index in [2.05, 4.69) is 26.6 Å². The van der Waals surface area contributed by atoms with Crippen LogP contribution in [0.4, 0.5) is 10.5 Å². The molecule has 0 fully saturated rings. The maximum absolute atomic E-state index is 11.8. The summed E-state index contributed by atoms with van der Waals surface area (Å²) >= 11 is 3.37. The number of amides is 2. The van der Waals surface area contributed by atoms with E-state index < -0.39 is 0 Å². The van der Waals surface area contributed by atoms with Crippen LogP contribution in [-0.4, -0.2) is 19.4 Å². The number of urea groups is 1. The number of rotatable bonds is 4. The van der Waals surface area contributed by atoms with Gasteiger partial charge in [0.2, 0.25) is 6.79 Å². The van der Waals surface area contributed by atoms with Gasteiger partial charge in [0.25, 0.3) is 0 Å². The number of halogens is 1. The van der Waals surface area contributed by atoms with Crippen LogP contribution < -0.4 is 20.1 Å². The van der Waals surface area contributed by atoms with Crippen molar-refractivity contribution in [2.75, 3.05) is 18.7 Å². The molecule has 3 rings (SSSR count). The molecule has 1 aliphatic heterocycles. The maximum atomic E-state index is 11.8. The molecule has 0 unspecified atom stereocenters. The molecule has 22 heavy (non-hydrogen) atoms. The lowest BCUT2D eigenvalue weighted by Gasteiger charge is -2.08. The molecule has 0 bridgehead atoms. The standard InChI is InChI=1S/C16H15BrN2O3/c17-12-2-1-3-13(9-12)19-16(20)18-7-6-11-4-5-14-15(8-11)22-10-21-14/h1-5,8-9H,6-7,10H2,(H2,18,19,20). The predicted octanol–water partition coefficient (Wildman–Crippen LogP) is 3.54. The number of benzene rings is 2. The molecule has 6 heteroatoms. The summed E-state index contributed by atoms with van der Waals surface area (Å²) in [5.74, 6) is 1.53. The second kappa shape index (κ2) is 6.70. The summed E-state index contributed by atoms with van der Waals surface area (Å²) in [5.41, 5.74) is 1.84. The minimum absolute atomic E-state index is 0.223. The zero-order valence-electron chi connectivity index (χ0n) is 11.8. The quantitative estimate of drug-likeness (QED) is 0.874. The topological polar surface area (TPSA) is 59.6 Å². The van der Waals surface area contributed by atoms with Crippen molar-refractivity contribution in [1.82, 2.24) is 5.32 Å². The number of carbonyl (C=O) groups is 1. The van der Waals surface area contributed by atoms with Crippen LogP contribution in [0.2, 0.25) is 0 Å². The van der Waals surface area contributed by atoms with Gasteiger partial charge in [0, 0.05) is 16.7 Å². The molecule has 114 valence electrons. The summed E-state index contributed by atoms with van der Waals surface area (Å²) in [5, 5.41) is 5.62. The lowest BCUT2D eigenvalue weighted by molar-refractivity contribution is 0.174. The van der Waals surface area contributed by atoms with E-state index in [1.165, 1.54) is 0 Å². The zero-order valence-corrected chi connectivity index (χ0v) is 13.4. The summed E-state index contributed by atoms with van der Waals surface area (Å²) in [6, 6.07) is 13.0. The molecule has 0 aromatic heterocycles. The fourth-order valence-corrected chi connectivity index (χ4v) is 2.56. The summed E-state index contributed by atoms with van der Waals surface area (Å²) in [6.07, 6.45) is 0.725. The van der Waals surface area contributed by atoms with Crippen LogP contribution in [-0.2, 0) is 6.42 Å². The summed E-state index contributed by atoms with van der Waals surface area (Å²) < 4.78 is 11.5. The monoisotopic (exact) mass is 362 g/mol. The normalized spacial score (nSPS) is 12.0.